The zero-order valence-corrected chi connectivity index (χ0v) is 11.8. The summed E-state index contributed by atoms with van der Waals surface area (Å²) in [5, 5.41) is 13.3. The Morgan fingerprint density at radius 2 is 2.15 bits per heavy atom. The quantitative estimate of drug-likeness (QED) is 0.921. The fourth-order valence-corrected chi connectivity index (χ4v) is 2.92. The van der Waals surface area contributed by atoms with Crippen LogP contribution in [0, 0.1) is 6.92 Å². The molecule has 20 heavy (non-hydrogen) atoms. The van der Waals surface area contributed by atoms with Gasteiger partial charge in [0.25, 0.3) is 0 Å². The Bertz CT molecular complexity index is 669. The number of hydrogen-bond acceptors (Lipinski definition) is 3. The number of aromatic nitrogens is 4. The second-order valence-corrected chi connectivity index (χ2v) is 5.28. The predicted molar refractivity (Wildman–Crippen MR) is 72.9 cm³/mol. The molecule has 1 N–H and O–H groups in total. The van der Waals surface area contributed by atoms with Crippen molar-refractivity contribution in [3.63, 3.8) is 0 Å². The van der Waals surface area contributed by atoms with Gasteiger partial charge in [0.05, 0.1) is 24.1 Å². The summed E-state index contributed by atoms with van der Waals surface area (Å²) in [6, 6.07) is 0. The van der Waals surface area contributed by atoms with E-state index >= 15 is 0 Å². The van der Waals surface area contributed by atoms with Crippen LogP contribution in [0.3, 0.4) is 0 Å². The van der Waals surface area contributed by atoms with Crippen molar-refractivity contribution >= 4 is 5.97 Å². The molecule has 0 aliphatic heterocycles. The fraction of sp³-hybridized carbons (Fsp3) is 0.500. The first-order valence-corrected chi connectivity index (χ1v) is 6.87. The largest absolute Gasteiger partial charge is 0.478 e. The van der Waals surface area contributed by atoms with Crippen molar-refractivity contribution in [2.24, 2.45) is 7.05 Å². The maximum atomic E-state index is 11.3. The van der Waals surface area contributed by atoms with Gasteiger partial charge in [-0.25, -0.2) is 9.78 Å². The van der Waals surface area contributed by atoms with Gasteiger partial charge < -0.3 is 9.67 Å². The van der Waals surface area contributed by atoms with Gasteiger partial charge in [-0.2, -0.15) is 5.10 Å². The van der Waals surface area contributed by atoms with Gasteiger partial charge in [-0.05, 0) is 32.6 Å². The number of carboxylic acids is 1. The van der Waals surface area contributed by atoms with Crippen LogP contribution in [0.2, 0.25) is 0 Å². The SMILES string of the molecule is Cc1nc2c(n1Cc1c(C(=O)O)cnn1C)CCCC2. The first kappa shape index (κ1) is 12.9. The lowest BCUT2D eigenvalue weighted by Crippen LogP contribution is -2.14. The van der Waals surface area contributed by atoms with Crippen LogP contribution < -0.4 is 0 Å². The molecule has 0 aromatic carbocycles. The van der Waals surface area contributed by atoms with Gasteiger partial charge in [-0.15, -0.1) is 0 Å². The zero-order valence-electron chi connectivity index (χ0n) is 11.8. The first-order valence-electron chi connectivity index (χ1n) is 6.87. The summed E-state index contributed by atoms with van der Waals surface area (Å²) < 4.78 is 3.77. The molecule has 1 aliphatic carbocycles. The number of aromatic carboxylic acids is 1. The average molecular weight is 274 g/mol. The molecule has 3 rings (SSSR count). The molecule has 106 valence electrons. The lowest BCUT2D eigenvalue weighted by atomic mass is 10.0. The van der Waals surface area contributed by atoms with E-state index < -0.39 is 5.97 Å². The molecule has 0 atom stereocenters. The topological polar surface area (TPSA) is 72.9 Å². The smallest absolute Gasteiger partial charge is 0.339 e. The van der Waals surface area contributed by atoms with Crippen molar-refractivity contribution in [2.45, 2.75) is 39.2 Å². The Morgan fingerprint density at radius 3 is 2.90 bits per heavy atom. The van der Waals surface area contributed by atoms with Crippen LogP contribution in [0.1, 0.15) is 46.1 Å². The molecule has 0 saturated carbocycles. The number of rotatable bonds is 3. The molecule has 2 aromatic rings. The number of nitrogens with zero attached hydrogens (tertiary/aromatic N) is 4. The van der Waals surface area contributed by atoms with Crippen molar-refractivity contribution in [1.29, 1.82) is 0 Å². The van der Waals surface area contributed by atoms with Crippen LogP contribution in [-0.4, -0.2) is 30.4 Å². The standard InChI is InChI=1S/C14H18N4O2/c1-9-16-11-5-3-4-6-12(11)18(9)8-13-10(14(19)20)7-15-17(13)2/h7H,3-6,8H2,1-2H3,(H,19,20). The molecule has 0 unspecified atom stereocenters. The van der Waals surface area contributed by atoms with Gasteiger partial charge in [-0.1, -0.05) is 0 Å². The molecule has 0 saturated heterocycles. The summed E-state index contributed by atoms with van der Waals surface area (Å²) in [6.45, 7) is 2.50. The van der Waals surface area contributed by atoms with E-state index in [9.17, 15) is 9.90 Å². The molecular weight excluding hydrogens is 256 g/mol. The van der Waals surface area contributed by atoms with Crippen LogP contribution in [0.5, 0.6) is 0 Å². The zero-order chi connectivity index (χ0) is 14.3. The average Bonchev–Trinajstić information content (AvgIpc) is 2.92. The normalized spacial score (nSPS) is 14.3. The number of imidazole rings is 1. The van der Waals surface area contributed by atoms with E-state index in [1.54, 1.807) is 11.7 Å². The molecule has 1 aliphatic rings. The van der Waals surface area contributed by atoms with Crippen LogP contribution in [-0.2, 0) is 26.4 Å². The summed E-state index contributed by atoms with van der Waals surface area (Å²) in [5.41, 5.74) is 3.41. The highest BCUT2D eigenvalue weighted by molar-refractivity contribution is 5.88. The van der Waals surface area contributed by atoms with E-state index in [1.165, 1.54) is 30.4 Å². The highest BCUT2D eigenvalue weighted by Gasteiger charge is 2.21. The molecule has 0 amide bonds. The lowest BCUT2D eigenvalue weighted by molar-refractivity contribution is 0.0695. The van der Waals surface area contributed by atoms with Crippen molar-refractivity contribution in [3.05, 3.63) is 34.7 Å². The maximum Gasteiger partial charge on any atom is 0.339 e. The molecule has 0 bridgehead atoms. The van der Waals surface area contributed by atoms with Gasteiger partial charge in [0.2, 0.25) is 0 Å². The monoisotopic (exact) mass is 274 g/mol. The minimum atomic E-state index is -0.931. The Morgan fingerprint density at radius 1 is 1.40 bits per heavy atom. The number of fused-ring (bicyclic) bond motifs is 1. The van der Waals surface area contributed by atoms with E-state index in [4.69, 9.17) is 0 Å². The van der Waals surface area contributed by atoms with Crippen molar-refractivity contribution in [2.75, 3.05) is 0 Å². The highest BCUT2D eigenvalue weighted by atomic mass is 16.4. The fourth-order valence-electron chi connectivity index (χ4n) is 2.92. The molecule has 2 aromatic heterocycles. The minimum absolute atomic E-state index is 0.269. The van der Waals surface area contributed by atoms with Gasteiger partial charge in [0.1, 0.15) is 11.4 Å². The third kappa shape index (κ3) is 2.01. The summed E-state index contributed by atoms with van der Waals surface area (Å²) >= 11 is 0. The summed E-state index contributed by atoms with van der Waals surface area (Å²) in [7, 11) is 1.78. The molecule has 0 spiro atoms. The second kappa shape index (κ2) is 4.77. The molecule has 2 heterocycles. The number of carboxylic acid groups (broad SMARTS) is 1. The molecule has 0 radical (unpaired) electrons. The van der Waals surface area contributed by atoms with Crippen molar-refractivity contribution < 1.29 is 9.90 Å². The van der Waals surface area contributed by atoms with Crippen LogP contribution in [0.4, 0.5) is 0 Å². The molecule has 6 heteroatoms. The lowest BCUT2D eigenvalue weighted by Gasteiger charge is -2.15. The maximum absolute atomic E-state index is 11.3. The van der Waals surface area contributed by atoms with E-state index in [2.05, 4.69) is 14.6 Å². The minimum Gasteiger partial charge on any atom is -0.478 e. The van der Waals surface area contributed by atoms with E-state index in [0.717, 1.165) is 18.7 Å². The van der Waals surface area contributed by atoms with Gasteiger partial charge in [-0.3, -0.25) is 4.68 Å². The van der Waals surface area contributed by atoms with E-state index in [1.807, 2.05) is 6.92 Å². The predicted octanol–water partition coefficient (Wildman–Crippen LogP) is 1.55. The van der Waals surface area contributed by atoms with Crippen LogP contribution >= 0.6 is 0 Å². The van der Waals surface area contributed by atoms with Crippen molar-refractivity contribution in [3.8, 4) is 0 Å². The molecule has 0 fully saturated rings. The summed E-state index contributed by atoms with van der Waals surface area (Å²) in [5.74, 6) is 0.0224. The van der Waals surface area contributed by atoms with Gasteiger partial charge in [0.15, 0.2) is 0 Å². The van der Waals surface area contributed by atoms with Crippen LogP contribution in [0.15, 0.2) is 6.20 Å². The van der Waals surface area contributed by atoms with Crippen LogP contribution in [0.25, 0.3) is 0 Å². The number of carbonyl (C=O) groups is 1. The summed E-state index contributed by atoms with van der Waals surface area (Å²) in [6.07, 6.45) is 5.83. The first-order chi connectivity index (χ1) is 9.58. The Hall–Kier alpha value is -2.11. The third-order valence-corrected chi connectivity index (χ3v) is 4.02. The Kier molecular flexibility index (Phi) is 3.08. The summed E-state index contributed by atoms with van der Waals surface area (Å²) in [4.78, 5) is 15.9. The second-order valence-electron chi connectivity index (χ2n) is 5.28. The highest BCUT2D eigenvalue weighted by Crippen LogP contribution is 2.23. The van der Waals surface area contributed by atoms with Crippen molar-refractivity contribution in [1.82, 2.24) is 19.3 Å². The molecular formula is C14H18N4O2. The Labute approximate surface area is 117 Å². The van der Waals surface area contributed by atoms with E-state index in [0.29, 0.717) is 12.2 Å². The number of hydrogen-bond donors (Lipinski definition) is 1. The number of aryl methyl sites for hydroxylation is 3. The third-order valence-electron chi connectivity index (χ3n) is 4.02. The van der Waals surface area contributed by atoms with Gasteiger partial charge >= 0.3 is 5.97 Å². The Balaban J connectivity index is 2.02. The van der Waals surface area contributed by atoms with E-state index in [-0.39, 0.29) is 5.56 Å². The molecule has 6 nitrogen and oxygen atoms in total. The van der Waals surface area contributed by atoms with Gasteiger partial charge in [0, 0.05) is 12.7 Å².